The Labute approximate surface area is 128 Å². The molecule has 2 N–H and O–H groups in total. The fraction of sp³-hybridized carbons (Fsp3) is 0.647. The van der Waals surface area contributed by atoms with Gasteiger partial charge in [0.05, 0.1) is 20.3 Å². The van der Waals surface area contributed by atoms with E-state index in [2.05, 4.69) is 19.2 Å². The third-order valence-corrected chi connectivity index (χ3v) is 3.58. The van der Waals surface area contributed by atoms with E-state index in [0.29, 0.717) is 6.61 Å². The van der Waals surface area contributed by atoms with E-state index in [0.717, 1.165) is 43.7 Å². The molecule has 0 aliphatic rings. The number of aliphatic hydroxyl groups excluding tert-OH is 1. The average molecular weight is 295 g/mol. The lowest BCUT2D eigenvalue weighted by molar-refractivity contribution is 0.160. The summed E-state index contributed by atoms with van der Waals surface area (Å²) in [6.45, 7) is 6.00. The zero-order valence-electron chi connectivity index (χ0n) is 13.5. The molecule has 1 aromatic rings. The van der Waals surface area contributed by atoms with Crippen molar-refractivity contribution in [3.05, 3.63) is 24.3 Å². The number of hydrogen-bond acceptors (Lipinski definition) is 4. The van der Waals surface area contributed by atoms with Crippen molar-refractivity contribution in [3.8, 4) is 11.5 Å². The van der Waals surface area contributed by atoms with E-state index in [1.807, 2.05) is 24.3 Å². The molecule has 120 valence electrons. The third-order valence-electron chi connectivity index (χ3n) is 3.58. The minimum Gasteiger partial charge on any atom is -0.497 e. The summed E-state index contributed by atoms with van der Waals surface area (Å²) >= 11 is 0. The van der Waals surface area contributed by atoms with Crippen LogP contribution in [0.1, 0.15) is 39.5 Å². The quantitative estimate of drug-likeness (QED) is 0.616. The van der Waals surface area contributed by atoms with Crippen molar-refractivity contribution in [1.29, 1.82) is 0 Å². The highest BCUT2D eigenvalue weighted by atomic mass is 16.5. The van der Waals surface area contributed by atoms with Crippen LogP contribution in [0.15, 0.2) is 24.3 Å². The SMILES string of the molecule is CCCNC(C)(CO)CCCCOc1cccc(OC)c1. The molecule has 0 saturated heterocycles. The molecule has 21 heavy (non-hydrogen) atoms. The number of hydrogen-bond donors (Lipinski definition) is 2. The maximum Gasteiger partial charge on any atom is 0.122 e. The summed E-state index contributed by atoms with van der Waals surface area (Å²) in [7, 11) is 1.65. The largest absolute Gasteiger partial charge is 0.497 e. The molecule has 0 fully saturated rings. The Bertz CT molecular complexity index is 397. The van der Waals surface area contributed by atoms with Gasteiger partial charge in [-0.05, 0) is 51.3 Å². The van der Waals surface area contributed by atoms with Crippen LogP contribution < -0.4 is 14.8 Å². The summed E-state index contributed by atoms with van der Waals surface area (Å²) in [6.07, 6.45) is 4.03. The molecular formula is C17H29NO3. The lowest BCUT2D eigenvalue weighted by Gasteiger charge is -2.28. The van der Waals surface area contributed by atoms with Crippen molar-refractivity contribution < 1.29 is 14.6 Å². The lowest BCUT2D eigenvalue weighted by Crippen LogP contribution is -2.46. The molecule has 0 bridgehead atoms. The first kappa shape index (κ1) is 17.8. The van der Waals surface area contributed by atoms with Gasteiger partial charge in [-0.25, -0.2) is 0 Å². The Hall–Kier alpha value is -1.26. The first-order valence-electron chi connectivity index (χ1n) is 7.76. The molecule has 0 radical (unpaired) electrons. The van der Waals surface area contributed by atoms with Crippen LogP contribution >= 0.6 is 0 Å². The van der Waals surface area contributed by atoms with Gasteiger partial charge in [0.1, 0.15) is 11.5 Å². The second-order valence-electron chi connectivity index (χ2n) is 5.63. The standard InChI is InChI=1S/C17H29NO3/c1-4-11-18-17(2,14-19)10-5-6-12-21-16-9-7-8-15(13-16)20-3/h7-9,13,18-19H,4-6,10-12,14H2,1-3H3. The van der Waals surface area contributed by atoms with Gasteiger partial charge in [-0.3, -0.25) is 0 Å². The van der Waals surface area contributed by atoms with Gasteiger partial charge in [0, 0.05) is 11.6 Å². The summed E-state index contributed by atoms with van der Waals surface area (Å²) in [6, 6.07) is 7.65. The number of nitrogens with one attached hydrogen (secondary N) is 1. The molecule has 4 heteroatoms. The van der Waals surface area contributed by atoms with Gasteiger partial charge in [-0.2, -0.15) is 0 Å². The van der Waals surface area contributed by atoms with Crippen molar-refractivity contribution in [2.45, 2.75) is 45.1 Å². The van der Waals surface area contributed by atoms with Crippen LogP contribution in [0, 0.1) is 0 Å². The van der Waals surface area contributed by atoms with Crippen LogP contribution in [0.2, 0.25) is 0 Å². The second-order valence-corrected chi connectivity index (χ2v) is 5.63. The average Bonchev–Trinajstić information content (AvgIpc) is 2.53. The van der Waals surface area contributed by atoms with Crippen LogP contribution in [-0.2, 0) is 0 Å². The van der Waals surface area contributed by atoms with Crippen LogP contribution in [0.3, 0.4) is 0 Å². The first-order valence-corrected chi connectivity index (χ1v) is 7.76. The van der Waals surface area contributed by atoms with Crippen molar-refractivity contribution >= 4 is 0 Å². The number of unbranched alkanes of at least 4 members (excludes halogenated alkanes) is 1. The summed E-state index contributed by atoms with van der Waals surface area (Å²) in [5, 5.41) is 12.9. The molecule has 1 unspecified atom stereocenters. The molecule has 0 aromatic heterocycles. The van der Waals surface area contributed by atoms with Crippen LogP contribution in [0.5, 0.6) is 11.5 Å². The number of aliphatic hydroxyl groups is 1. The molecule has 1 atom stereocenters. The summed E-state index contributed by atoms with van der Waals surface area (Å²) < 4.78 is 10.9. The maximum atomic E-state index is 9.50. The molecule has 4 nitrogen and oxygen atoms in total. The first-order chi connectivity index (χ1) is 10.1. The van der Waals surface area contributed by atoms with Crippen molar-refractivity contribution in [2.75, 3.05) is 26.9 Å². The number of benzene rings is 1. The minimum atomic E-state index is -0.175. The third kappa shape index (κ3) is 6.82. The molecule has 0 heterocycles. The molecule has 0 spiro atoms. The fourth-order valence-corrected chi connectivity index (χ4v) is 2.15. The minimum absolute atomic E-state index is 0.170. The Balaban J connectivity index is 2.24. The van der Waals surface area contributed by atoms with Crippen molar-refractivity contribution in [1.82, 2.24) is 5.32 Å². The highest BCUT2D eigenvalue weighted by Gasteiger charge is 2.21. The zero-order valence-corrected chi connectivity index (χ0v) is 13.5. The molecule has 0 aliphatic carbocycles. The maximum absolute atomic E-state index is 9.50. The molecule has 1 rings (SSSR count). The van der Waals surface area contributed by atoms with E-state index in [9.17, 15) is 5.11 Å². The van der Waals surface area contributed by atoms with E-state index in [1.54, 1.807) is 7.11 Å². The number of methoxy groups -OCH3 is 1. The van der Waals surface area contributed by atoms with E-state index in [1.165, 1.54) is 0 Å². The van der Waals surface area contributed by atoms with Gasteiger partial charge >= 0.3 is 0 Å². The summed E-state index contributed by atoms with van der Waals surface area (Å²) in [5.74, 6) is 1.65. The highest BCUT2D eigenvalue weighted by Crippen LogP contribution is 2.19. The topological polar surface area (TPSA) is 50.7 Å². The Morgan fingerprint density at radius 1 is 1.24 bits per heavy atom. The van der Waals surface area contributed by atoms with Crippen molar-refractivity contribution in [3.63, 3.8) is 0 Å². The predicted octanol–water partition coefficient (Wildman–Crippen LogP) is 2.99. The van der Waals surface area contributed by atoms with E-state index in [4.69, 9.17) is 9.47 Å². The van der Waals surface area contributed by atoms with Gasteiger partial charge in [-0.1, -0.05) is 13.0 Å². The van der Waals surface area contributed by atoms with Crippen LogP contribution in [0.25, 0.3) is 0 Å². The van der Waals surface area contributed by atoms with Gasteiger partial charge in [0.25, 0.3) is 0 Å². The Kier molecular flexibility index (Phi) is 8.16. The molecule has 0 saturated carbocycles. The van der Waals surface area contributed by atoms with Gasteiger partial charge in [-0.15, -0.1) is 0 Å². The van der Waals surface area contributed by atoms with Crippen LogP contribution in [0.4, 0.5) is 0 Å². The highest BCUT2D eigenvalue weighted by molar-refractivity contribution is 5.32. The van der Waals surface area contributed by atoms with E-state index < -0.39 is 0 Å². The monoisotopic (exact) mass is 295 g/mol. The van der Waals surface area contributed by atoms with Gasteiger partial charge in [0.2, 0.25) is 0 Å². The Morgan fingerprint density at radius 2 is 2.00 bits per heavy atom. The number of ether oxygens (including phenoxy) is 2. The smallest absolute Gasteiger partial charge is 0.122 e. The predicted molar refractivity (Wildman–Crippen MR) is 86.1 cm³/mol. The Morgan fingerprint density at radius 3 is 2.67 bits per heavy atom. The number of rotatable bonds is 11. The van der Waals surface area contributed by atoms with Crippen molar-refractivity contribution in [2.24, 2.45) is 0 Å². The molecule has 0 aliphatic heterocycles. The molecule has 0 amide bonds. The lowest BCUT2D eigenvalue weighted by atomic mass is 9.95. The van der Waals surface area contributed by atoms with Gasteiger partial charge < -0.3 is 19.9 Å². The fourth-order valence-electron chi connectivity index (χ4n) is 2.15. The molecular weight excluding hydrogens is 266 g/mol. The molecule has 1 aromatic carbocycles. The zero-order chi connectivity index (χ0) is 15.6. The van der Waals surface area contributed by atoms with Crippen LogP contribution in [-0.4, -0.2) is 37.5 Å². The normalized spacial score (nSPS) is 13.7. The summed E-state index contributed by atoms with van der Waals surface area (Å²) in [4.78, 5) is 0. The van der Waals surface area contributed by atoms with Gasteiger partial charge in [0.15, 0.2) is 0 Å². The second kappa shape index (κ2) is 9.64. The van der Waals surface area contributed by atoms with E-state index >= 15 is 0 Å². The van der Waals surface area contributed by atoms with E-state index in [-0.39, 0.29) is 12.1 Å². The summed E-state index contributed by atoms with van der Waals surface area (Å²) in [5.41, 5.74) is -0.175.